The maximum atomic E-state index is 13.3. The minimum atomic E-state index is -0.561. The van der Waals surface area contributed by atoms with Crippen LogP contribution in [0.25, 0.3) is 5.65 Å². The van der Waals surface area contributed by atoms with E-state index in [1.165, 1.54) is 0 Å². The first-order chi connectivity index (χ1) is 12.7. The molecule has 4 rings (SSSR count). The van der Waals surface area contributed by atoms with Crippen LogP contribution in [0.15, 0.2) is 54.7 Å². The molecule has 1 saturated heterocycles. The fourth-order valence-corrected chi connectivity index (χ4v) is 3.68. The molecule has 1 aliphatic rings. The van der Waals surface area contributed by atoms with Crippen LogP contribution in [0.4, 0.5) is 0 Å². The lowest BCUT2D eigenvalue weighted by Gasteiger charge is -2.37. The third kappa shape index (κ3) is 2.86. The number of nitrogens with zero attached hydrogens (tertiary/aromatic N) is 3. The van der Waals surface area contributed by atoms with E-state index in [-0.39, 0.29) is 11.9 Å². The summed E-state index contributed by atoms with van der Waals surface area (Å²) in [5.41, 5.74) is 1.25. The van der Waals surface area contributed by atoms with Crippen LogP contribution in [-0.2, 0) is 14.9 Å². The Kier molecular flexibility index (Phi) is 4.42. The van der Waals surface area contributed by atoms with E-state index in [1.54, 1.807) is 0 Å². The van der Waals surface area contributed by atoms with Crippen molar-refractivity contribution in [2.45, 2.75) is 31.2 Å². The van der Waals surface area contributed by atoms with Crippen molar-refractivity contribution in [1.82, 2.24) is 19.9 Å². The van der Waals surface area contributed by atoms with Crippen LogP contribution >= 0.6 is 0 Å². The Labute approximate surface area is 152 Å². The van der Waals surface area contributed by atoms with Crippen molar-refractivity contribution < 1.29 is 9.53 Å². The molecule has 1 amide bonds. The Morgan fingerprint density at radius 2 is 1.85 bits per heavy atom. The number of benzene rings is 1. The zero-order valence-electron chi connectivity index (χ0n) is 14.8. The van der Waals surface area contributed by atoms with Gasteiger partial charge in [-0.15, -0.1) is 10.2 Å². The molecule has 134 valence electrons. The average molecular weight is 350 g/mol. The fourth-order valence-electron chi connectivity index (χ4n) is 3.68. The standard InChI is InChI=1S/C20H22N4O2/c1-15(18-23-22-17-9-5-6-12-24(17)18)21-19(25)20(10-13-26-14-11-20)16-7-3-2-4-8-16/h2-9,12,15H,10-11,13-14H2,1H3,(H,21,25)/t15-/m1/s1. The fraction of sp³-hybridized carbons (Fsp3) is 0.350. The zero-order valence-corrected chi connectivity index (χ0v) is 14.8. The van der Waals surface area contributed by atoms with E-state index in [0.29, 0.717) is 26.1 Å². The predicted molar refractivity (Wildman–Crippen MR) is 97.7 cm³/mol. The van der Waals surface area contributed by atoms with Crippen LogP contribution in [0.1, 0.15) is 37.2 Å². The van der Waals surface area contributed by atoms with Crippen molar-refractivity contribution in [2.75, 3.05) is 13.2 Å². The number of hydrogen-bond donors (Lipinski definition) is 1. The number of rotatable bonds is 4. The Hall–Kier alpha value is -2.73. The zero-order chi connectivity index (χ0) is 18.0. The van der Waals surface area contributed by atoms with Crippen LogP contribution in [0.3, 0.4) is 0 Å². The molecule has 1 N–H and O–H groups in total. The van der Waals surface area contributed by atoms with Crippen LogP contribution in [0.2, 0.25) is 0 Å². The first-order valence-corrected chi connectivity index (χ1v) is 8.95. The van der Waals surface area contributed by atoms with Gasteiger partial charge in [-0.05, 0) is 37.5 Å². The molecule has 0 spiro atoms. The molecule has 26 heavy (non-hydrogen) atoms. The van der Waals surface area contributed by atoms with Crippen molar-refractivity contribution in [3.05, 3.63) is 66.1 Å². The molecule has 0 unspecified atom stereocenters. The Balaban J connectivity index is 1.62. The topological polar surface area (TPSA) is 68.5 Å². The molecule has 6 nitrogen and oxygen atoms in total. The molecule has 1 fully saturated rings. The average Bonchev–Trinajstić information content (AvgIpc) is 3.13. The third-order valence-corrected chi connectivity index (χ3v) is 5.18. The number of fused-ring (bicyclic) bond motifs is 1. The number of aromatic nitrogens is 3. The summed E-state index contributed by atoms with van der Waals surface area (Å²) in [6.45, 7) is 3.12. The van der Waals surface area contributed by atoms with Gasteiger partial charge in [-0.3, -0.25) is 9.20 Å². The second-order valence-electron chi connectivity index (χ2n) is 6.74. The van der Waals surface area contributed by atoms with Gasteiger partial charge < -0.3 is 10.1 Å². The van der Waals surface area contributed by atoms with Gasteiger partial charge in [0.15, 0.2) is 11.5 Å². The number of carbonyl (C=O) groups is 1. The molecule has 0 bridgehead atoms. The first kappa shape index (κ1) is 16.7. The Bertz CT molecular complexity index is 900. The third-order valence-electron chi connectivity index (χ3n) is 5.18. The summed E-state index contributed by atoms with van der Waals surface area (Å²) < 4.78 is 7.43. The molecule has 3 aromatic rings. The molecule has 1 aromatic carbocycles. The second kappa shape index (κ2) is 6.88. The summed E-state index contributed by atoms with van der Waals surface area (Å²) in [5, 5.41) is 11.6. The quantitative estimate of drug-likeness (QED) is 0.785. The van der Waals surface area contributed by atoms with Gasteiger partial charge in [-0.2, -0.15) is 0 Å². The Morgan fingerprint density at radius 3 is 2.62 bits per heavy atom. The SMILES string of the molecule is C[C@@H](NC(=O)C1(c2ccccc2)CCOCC1)c1nnc2ccccn12. The van der Waals surface area contributed by atoms with E-state index < -0.39 is 5.41 Å². The number of nitrogens with one attached hydrogen (secondary N) is 1. The molecule has 2 aromatic heterocycles. The molecule has 0 saturated carbocycles. The van der Waals surface area contributed by atoms with Gasteiger partial charge in [-0.25, -0.2) is 0 Å². The highest BCUT2D eigenvalue weighted by Gasteiger charge is 2.42. The van der Waals surface area contributed by atoms with Gasteiger partial charge in [0, 0.05) is 19.4 Å². The normalized spacial score (nSPS) is 17.7. The van der Waals surface area contributed by atoms with Crippen molar-refractivity contribution in [3.63, 3.8) is 0 Å². The van der Waals surface area contributed by atoms with E-state index in [2.05, 4.69) is 15.5 Å². The van der Waals surface area contributed by atoms with Crippen molar-refractivity contribution in [2.24, 2.45) is 0 Å². The number of carbonyl (C=O) groups excluding carboxylic acids is 1. The van der Waals surface area contributed by atoms with Gasteiger partial charge in [0.05, 0.1) is 11.5 Å². The number of amides is 1. The van der Waals surface area contributed by atoms with Crippen molar-refractivity contribution in [3.8, 4) is 0 Å². The molecule has 1 aliphatic heterocycles. The molecular formula is C20H22N4O2. The van der Waals surface area contributed by atoms with E-state index >= 15 is 0 Å². The lowest BCUT2D eigenvalue weighted by atomic mass is 9.73. The maximum absolute atomic E-state index is 13.3. The summed E-state index contributed by atoms with van der Waals surface area (Å²) in [7, 11) is 0. The smallest absolute Gasteiger partial charge is 0.231 e. The molecule has 6 heteroatoms. The summed E-state index contributed by atoms with van der Waals surface area (Å²) in [6, 6.07) is 15.5. The van der Waals surface area contributed by atoms with E-state index in [4.69, 9.17) is 4.74 Å². The van der Waals surface area contributed by atoms with Crippen molar-refractivity contribution >= 4 is 11.6 Å². The van der Waals surface area contributed by atoms with Crippen LogP contribution in [0, 0.1) is 0 Å². The summed E-state index contributed by atoms with van der Waals surface area (Å²) >= 11 is 0. The summed E-state index contributed by atoms with van der Waals surface area (Å²) in [5.74, 6) is 0.747. The summed E-state index contributed by atoms with van der Waals surface area (Å²) in [4.78, 5) is 13.3. The van der Waals surface area contributed by atoms with E-state index in [9.17, 15) is 4.79 Å². The van der Waals surface area contributed by atoms with E-state index in [1.807, 2.05) is 66.1 Å². The monoisotopic (exact) mass is 350 g/mol. The summed E-state index contributed by atoms with van der Waals surface area (Å²) in [6.07, 6.45) is 3.26. The van der Waals surface area contributed by atoms with Crippen molar-refractivity contribution in [1.29, 1.82) is 0 Å². The van der Waals surface area contributed by atoms with E-state index in [0.717, 1.165) is 17.0 Å². The van der Waals surface area contributed by atoms with Gasteiger partial charge in [0.25, 0.3) is 0 Å². The predicted octanol–water partition coefficient (Wildman–Crippen LogP) is 2.65. The molecular weight excluding hydrogens is 328 g/mol. The highest BCUT2D eigenvalue weighted by Crippen LogP contribution is 2.35. The van der Waals surface area contributed by atoms with Crippen LogP contribution < -0.4 is 5.32 Å². The lowest BCUT2D eigenvalue weighted by Crippen LogP contribution is -2.48. The number of ether oxygens (including phenoxy) is 1. The van der Waals surface area contributed by atoms with Gasteiger partial charge in [0.1, 0.15) is 0 Å². The number of hydrogen-bond acceptors (Lipinski definition) is 4. The number of pyridine rings is 1. The molecule has 1 atom stereocenters. The lowest BCUT2D eigenvalue weighted by molar-refractivity contribution is -0.131. The maximum Gasteiger partial charge on any atom is 0.231 e. The molecule has 0 radical (unpaired) electrons. The Morgan fingerprint density at radius 1 is 1.12 bits per heavy atom. The highest BCUT2D eigenvalue weighted by molar-refractivity contribution is 5.88. The second-order valence-corrected chi connectivity index (χ2v) is 6.74. The largest absolute Gasteiger partial charge is 0.381 e. The molecule has 0 aliphatic carbocycles. The van der Waals surface area contributed by atoms with Gasteiger partial charge in [0.2, 0.25) is 5.91 Å². The first-order valence-electron chi connectivity index (χ1n) is 8.95. The molecule has 3 heterocycles. The van der Waals surface area contributed by atoms with Crippen LogP contribution in [-0.4, -0.2) is 33.7 Å². The highest BCUT2D eigenvalue weighted by atomic mass is 16.5. The van der Waals surface area contributed by atoms with Gasteiger partial charge >= 0.3 is 0 Å². The minimum Gasteiger partial charge on any atom is -0.381 e. The van der Waals surface area contributed by atoms with Crippen LogP contribution in [0.5, 0.6) is 0 Å². The minimum absolute atomic E-state index is 0.0205. The van der Waals surface area contributed by atoms with Gasteiger partial charge in [-0.1, -0.05) is 36.4 Å².